The molecule has 2 fully saturated rings. The number of carboxylic acids is 1. The number of rotatable bonds is 6. The summed E-state index contributed by atoms with van der Waals surface area (Å²) in [5.41, 5.74) is 2.14. The summed E-state index contributed by atoms with van der Waals surface area (Å²) in [6.45, 7) is 1.36. The molecule has 0 unspecified atom stereocenters. The minimum absolute atomic E-state index is 0.178. The Kier molecular flexibility index (Phi) is 5.97. The number of ether oxygens (including phenoxy) is 1. The van der Waals surface area contributed by atoms with Crippen molar-refractivity contribution in [1.29, 1.82) is 0 Å². The normalized spacial score (nSPS) is 18.2. The number of aromatic nitrogens is 1. The first kappa shape index (κ1) is 19.7. The lowest BCUT2D eigenvalue weighted by Crippen LogP contribution is -2.34. The summed E-state index contributed by atoms with van der Waals surface area (Å²) in [6.07, 6.45) is 8.09. The number of hydrogen-bond acceptors (Lipinski definition) is 4. The lowest BCUT2D eigenvalue weighted by atomic mass is 9.93. The molecule has 6 heteroatoms. The zero-order valence-corrected chi connectivity index (χ0v) is 16.5. The van der Waals surface area contributed by atoms with E-state index in [-0.39, 0.29) is 24.3 Å². The van der Waals surface area contributed by atoms with E-state index in [4.69, 9.17) is 9.84 Å². The molecule has 2 aromatic rings. The lowest BCUT2D eigenvalue weighted by Gasteiger charge is -2.33. The number of pyridine rings is 1. The van der Waals surface area contributed by atoms with Gasteiger partial charge in [0.1, 0.15) is 11.9 Å². The van der Waals surface area contributed by atoms with Gasteiger partial charge >= 0.3 is 5.97 Å². The van der Waals surface area contributed by atoms with Crippen LogP contribution >= 0.6 is 0 Å². The van der Waals surface area contributed by atoms with E-state index < -0.39 is 5.97 Å². The van der Waals surface area contributed by atoms with E-state index >= 15 is 0 Å². The molecule has 154 valence electrons. The topological polar surface area (TPSA) is 62.7 Å². The second-order valence-electron chi connectivity index (χ2n) is 8.07. The first-order valence-corrected chi connectivity index (χ1v) is 10.5. The second kappa shape index (κ2) is 8.80. The van der Waals surface area contributed by atoms with Crippen molar-refractivity contribution < 1.29 is 19.0 Å². The Balaban J connectivity index is 1.49. The van der Waals surface area contributed by atoms with Gasteiger partial charge in [0.15, 0.2) is 0 Å². The predicted molar refractivity (Wildman–Crippen MR) is 110 cm³/mol. The van der Waals surface area contributed by atoms with Gasteiger partial charge in [0.05, 0.1) is 5.69 Å². The molecule has 0 bridgehead atoms. The molecule has 1 saturated carbocycles. The standard InChI is InChI=1S/C23H27FN2O3/c24-20-15-17(19-6-3-11-25-23(19)29-18-4-1-2-5-18)7-8-21(20)26-12-9-16(10-13-26)14-22(27)28/h3,6-8,11,15-16,18H,1-2,4-5,9-10,12-14H2,(H,27,28). The fourth-order valence-corrected chi connectivity index (χ4v) is 4.42. The summed E-state index contributed by atoms with van der Waals surface area (Å²) in [4.78, 5) is 17.3. The summed E-state index contributed by atoms with van der Waals surface area (Å²) in [5, 5.41) is 8.95. The van der Waals surface area contributed by atoms with Crippen LogP contribution < -0.4 is 9.64 Å². The van der Waals surface area contributed by atoms with Crippen LogP contribution in [0, 0.1) is 11.7 Å². The number of anilines is 1. The molecular formula is C23H27FN2O3. The maximum atomic E-state index is 15.0. The van der Waals surface area contributed by atoms with Crippen molar-refractivity contribution in [2.24, 2.45) is 5.92 Å². The molecular weight excluding hydrogens is 371 g/mol. The molecule has 1 aliphatic heterocycles. The van der Waals surface area contributed by atoms with Crippen LogP contribution in [-0.4, -0.2) is 35.3 Å². The van der Waals surface area contributed by atoms with Crippen LogP contribution in [0.5, 0.6) is 5.88 Å². The van der Waals surface area contributed by atoms with Crippen LogP contribution in [0.3, 0.4) is 0 Å². The van der Waals surface area contributed by atoms with Crippen molar-refractivity contribution in [2.45, 2.75) is 51.0 Å². The van der Waals surface area contributed by atoms with Crippen molar-refractivity contribution in [3.63, 3.8) is 0 Å². The number of halogens is 1. The Hall–Kier alpha value is -2.63. The van der Waals surface area contributed by atoms with Gasteiger partial charge in [0.25, 0.3) is 0 Å². The first-order valence-electron chi connectivity index (χ1n) is 10.5. The third-order valence-electron chi connectivity index (χ3n) is 6.03. The largest absolute Gasteiger partial charge is 0.481 e. The number of piperidine rings is 1. The highest BCUT2D eigenvalue weighted by atomic mass is 19.1. The fourth-order valence-electron chi connectivity index (χ4n) is 4.42. The molecule has 5 nitrogen and oxygen atoms in total. The van der Waals surface area contributed by atoms with Crippen LogP contribution in [0.2, 0.25) is 0 Å². The van der Waals surface area contributed by atoms with Crippen LogP contribution in [0.15, 0.2) is 36.5 Å². The molecule has 0 spiro atoms. The molecule has 1 aliphatic carbocycles. The highest BCUT2D eigenvalue weighted by Gasteiger charge is 2.24. The Morgan fingerprint density at radius 3 is 2.62 bits per heavy atom. The summed E-state index contributed by atoms with van der Waals surface area (Å²) in [5.74, 6) is -0.279. The molecule has 1 saturated heterocycles. The third-order valence-corrected chi connectivity index (χ3v) is 6.03. The summed E-state index contributed by atoms with van der Waals surface area (Å²) in [7, 11) is 0. The average Bonchev–Trinajstić information content (AvgIpc) is 3.22. The number of nitrogens with zero attached hydrogens (tertiary/aromatic N) is 2. The highest BCUT2D eigenvalue weighted by molar-refractivity contribution is 5.71. The second-order valence-corrected chi connectivity index (χ2v) is 8.07. The van der Waals surface area contributed by atoms with Gasteiger partial charge in [-0.2, -0.15) is 0 Å². The summed E-state index contributed by atoms with van der Waals surface area (Å²) in [6, 6.07) is 9.05. The predicted octanol–water partition coefficient (Wildman–Crippen LogP) is 4.90. The molecule has 0 amide bonds. The molecule has 4 rings (SSSR count). The molecule has 1 N–H and O–H groups in total. The number of aliphatic carboxylic acids is 1. The Morgan fingerprint density at radius 2 is 1.93 bits per heavy atom. The van der Waals surface area contributed by atoms with Gasteiger partial charge in [-0.15, -0.1) is 0 Å². The summed E-state index contributed by atoms with van der Waals surface area (Å²) >= 11 is 0. The van der Waals surface area contributed by atoms with Crippen LogP contribution in [0.1, 0.15) is 44.9 Å². The maximum Gasteiger partial charge on any atom is 0.303 e. The van der Waals surface area contributed by atoms with E-state index in [1.165, 1.54) is 12.8 Å². The van der Waals surface area contributed by atoms with Gasteiger partial charge < -0.3 is 14.7 Å². The SMILES string of the molecule is O=C(O)CC1CCN(c2ccc(-c3cccnc3OC3CCCC3)cc2F)CC1. The van der Waals surface area contributed by atoms with Gasteiger partial charge in [0, 0.05) is 31.3 Å². The smallest absolute Gasteiger partial charge is 0.303 e. The molecule has 1 aromatic heterocycles. The molecule has 0 radical (unpaired) electrons. The third kappa shape index (κ3) is 4.69. The van der Waals surface area contributed by atoms with E-state index in [0.717, 1.165) is 36.8 Å². The van der Waals surface area contributed by atoms with Gasteiger partial charge in [-0.1, -0.05) is 6.07 Å². The zero-order chi connectivity index (χ0) is 20.2. The highest BCUT2D eigenvalue weighted by Crippen LogP contribution is 2.34. The number of benzene rings is 1. The first-order chi connectivity index (χ1) is 14.1. The van der Waals surface area contributed by atoms with Crippen molar-refractivity contribution >= 4 is 11.7 Å². The Morgan fingerprint density at radius 1 is 1.17 bits per heavy atom. The van der Waals surface area contributed by atoms with Gasteiger partial charge in [-0.25, -0.2) is 9.37 Å². The molecule has 2 heterocycles. The quantitative estimate of drug-likeness (QED) is 0.750. The number of carboxylic acid groups (broad SMARTS) is 1. The minimum Gasteiger partial charge on any atom is -0.481 e. The van der Waals surface area contributed by atoms with Crippen molar-refractivity contribution in [1.82, 2.24) is 4.98 Å². The van der Waals surface area contributed by atoms with Crippen LogP contribution in [0.25, 0.3) is 11.1 Å². The van der Waals surface area contributed by atoms with E-state index in [0.29, 0.717) is 24.7 Å². The number of carbonyl (C=O) groups is 1. The molecule has 0 atom stereocenters. The maximum absolute atomic E-state index is 15.0. The zero-order valence-electron chi connectivity index (χ0n) is 16.5. The lowest BCUT2D eigenvalue weighted by molar-refractivity contribution is -0.138. The van der Waals surface area contributed by atoms with Gasteiger partial charge in [-0.05, 0) is 74.3 Å². The van der Waals surface area contributed by atoms with Gasteiger partial charge in [-0.3, -0.25) is 4.79 Å². The Bertz CT molecular complexity index is 859. The van der Waals surface area contributed by atoms with Crippen molar-refractivity contribution in [2.75, 3.05) is 18.0 Å². The van der Waals surface area contributed by atoms with Crippen molar-refractivity contribution in [3.05, 3.63) is 42.3 Å². The van der Waals surface area contributed by atoms with Crippen molar-refractivity contribution in [3.8, 4) is 17.0 Å². The molecule has 29 heavy (non-hydrogen) atoms. The summed E-state index contributed by atoms with van der Waals surface area (Å²) < 4.78 is 21.1. The monoisotopic (exact) mass is 398 g/mol. The molecule has 2 aliphatic rings. The number of hydrogen-bond donors (Lipinski definition) is 1. The van der Waals surface area contributed by atoms with E-state index in [9.17, 15) is 9.18 Å². The van der Waals surface area contributed by atoms with E-state index in [1.807, 2.05) is 29.2 Å². The van der Waals surface area contributed by atoms with Crippen LogP contribution in [0.4, 0.5) is 10.1 Å². The van der Waals surface area contributed by atoms with Gasteiger partial charge in [0.2, 0.25) is 5.88 Å². The average molecular weight is 398 g/mol. The van der Waals surface area contributed by atoms with E-state index in [1.54, 1.807) is 12.3 Å². The van der Waals surface area contributed by atoms with Crippen LogP contribution in [-0.2, 0) is 4.79 Å². The molecule has 1 aromatic carbocycles. The Labute approximate surface area is 170 Å². The fraction of sp³-hybridized carbons (Fsp3) is 0.478. The van der Waals surface area contributed by atoms with E-state index in [2.05, 4.69) is 4.98 Å². The minimum atomic E-state index is -0.758.